The summed E-state index contributed by atoms with van der Waals surface area (Å²) in [5.74, 6) is -2.57. The van der Waals surface area contributed by atoms with E-state index in [2.05, 4.69) is 4.18 Å². The molecule has 0 saturated carbocycles. The van der Waals surface area contributed by atoms with Crippen LogP contribution in [0.4, 0.5) is 0 Å². The van der Waals surface area contributed by atoms with Crippen molar-refractivity contribution in [3.8, 4) is 0 Å². The average Bonchev–Trinajstić information content (AvgIpc) is 1.79. The summed E-state index contributed by atoms with van der Waals surface area (Å²) in [5, 5.41) is 8.04. The normalized spacial score (nSPS) is 9.21. The molecular weight excluding hydrogens is 238 g/mol. The molecule has 0 spiro atoms. The van der Waals surface area contributed by atoms with Gasteiger partial charge in [0.15, 0.2) is 0 Å². The summed E-state index contributed by atoms with van der Waals surface area (Å²) in [4.78, 5) is 20.2. The number of hydrogen-bond acceptors (Lipinski definition) is 5. The number of carboxylic acids is 1. The molecule has 0 aromatic heterocycles. The van der Waals surface area contributed by atoms with Gasteiger partial charge in [-0.2, -0.15) is 8.42 Å². The SMILES string of the molecule is O=C(O)CCC(=O)OS(=O)(=O)O.[NaH].[NaH]. The Morgan fingerprint density at radius 3 is 1.86 bits per heavy atom. The van der Waals surface area contributed by atoms with Crippen LogP contribution in [-0.2, 0) is 24.2 Å². The van der Waals surface area contributed by atoms with E-state index in [1.165, 1.54) is 0 Å². The van der Waals surface area contributed by atoms with Crippen molar-refractivity contribution in [3.63, 3.8) is 0 Å². The fourth-order valence-corrected chi connectivity index (χ4v) is 0.686. The maximum atomic E-state index is 10.3. The van der Waals surface area contributed by atoms with Gasteiger partial charge in [0.25, 0.3) is 0 Å². The topological polar surface area (TPSA) is 118 Å². The first kappa shape index (κ1) is 20.3. The van der Waals surface area contributed by atoms with E-state index in [4.69, 9.17) is 9.66 Å². The minimum atomic E-state index is -4.81. The molecule has 74 valence electrons. The molecule has 0 aliphatic rings. The van der Waals surface area contributed by atoms with E-state index in [9.17, 15) is 18.0 Å². The van der Waals surface area contributed by atoms with Crippen molar-refractivity contribution in [3.05, 3.63) is 0 Å². The maximum absolute atomic E-state index is 10.3. The summed E-state index contributed by atoms with van der Waals surface area (Å²) in [5.41, 5.74) is 0. The molecule has 7 nitrogen and oxygen atoms in total. The summed E-state index contributed by atoms with van der Waals surface area (Å²) in [7, 11) is -4.81. The molecule has 10 heteroatoms. The molecule has 0 aromatic rings. The number of aliphatic carboxylic acids is 1. The van der Waals surface area contributed by atoms with Crippen LogP contribution in [0.5, 0.6) is 0 Å². The third-order valence-electron chi connectivity index (χ3n) is 0.741. The van der Waals surface area contributed by atoms with Crippen LogP contribution in [-0.4, -0.2) is 89.1 Å². The average molecular weight is 246 g/mol. The second-order valence-electron chi connectivity index (χ2n) is 1.78. The minimum absolute atomic E-state index is 0. The molecule has 0 aliphatic heterocycles. The zero-order valence-electron chi connectivity index (χ0n) is 5.76. The van der Waals surface area contributed by atoms with Crippen molar-refractivity contribution in [1.82, 2.24) is 0 Å². The standard InChI is InChI=1S/C4H6O7S.2Na.2H/c5-3(6)1-2-4(7)11-12(8,9)10;;;;/h1-2H2,(H,5,6)(H,8,9,10);;;;. The Morgan fingerprint density at radius 2 is 1.57 bits per heavy atom. The first-order valence-electron chi connectivity index (χ1n) is 2.73. The van der Waals surface area contributed by atoms with E-state index in [-0.39, 0.29) is 59.1 Å². The molecule has 0 heterocycles. The fourth-order valence-electron chi connectivity index (χ4n) is 0.368. The van der Waals surface area contributed by atoms with Crippen LogP contribution in [0.2, 0.25) is 0 Å². The van der Waals surface area contributed by atoms with Gasteiger partial charge in [-0.1, -0.05) is 0 Å². The predicted molar refractivity (Wildman–Crippen MR) is 48.8 cm³/mol. The predicted octanol–water partition coefficient (Wildman–Crippen LogP) is -2.10. The van der Waals surface area contributed by atoms with Crippen molar-refractivity contribution in [1.29, 1.82) is 0 Å². The Bertz CT molecular complexity index is 284. The quantitative estimate of drug-likeness (QED) is 0.431. The summed E-state index contributed by atoms with van der Waals surface area (Å²) < 4.78 is 31.1. The molecule has 0 aliphatic carbocycles. The summed E-state index contributed by atoms with van der Waals surface area (Å²) >= 11 is 0. The summed E-state index contributed by atoms with van der Waals surface area (Å²) in [6, 6.07) is 0. The van der Waals surface area contributed by atoms with E-state index in [0.717, 1.165) is 0 Å². The molecule has 2 N–H and O–H groups in total. The van der Waals surface area contributed by atoms with Gasteiger partial charge in [-0.15, -0.1) is 0 Å². The molecule has 0 saturated heterocycles. The van der Waals surface area contributed by atoms with Gasteiger partial charge in [0.05, 0.1) is 12.8 Å². The van der Waals surface area contributed by atoms with Gasteiger partial charge < -0.3 is 9.29 Å². The molecule has 0 unspecified atom stereocenters. The van der Waals surface area contributed by atoms with Crippen molar-refractivity contribution < 1.29 is 31.8 Å². The molecule has 0 atom stereocenters. The number of carbonyl (C=O) groups is 2. The Hall–Kier alpha value is 0.850. The zero-order valence-corrected chi connectivity index (χ0v) is 6.57. The molecule has 0 bridgehead atoms. The molecule has 0 radical (unpaired) electrons. The first-order valence-corrected chi connectivity index (χ1v) is 4.09. The molecule has 14 heavy (non-hydrogen) atoms. The Balaban J connectivity index is -0.000000605. The molecule has 0 rings (SSSR count). The fraction of sp³-hybridized carbons (Fsp3) is 0.500. The van der Waals surface area contributed by atoms with Gasteiger partial charge in [0.1, 0.15) is 0 Å². The van der Waals surface area contributed by atoms with Crippen molar-refractivity contribution in [2.75, 3.05) is 0 Å². The van der Waals surface area contributed by atoms with Gasteiger partial charge >= 0.3 is 81.5 Å². The van der Waals surface area contributed by atoms with E-state index in [0.29, 0.717) is 0 Å². The van der Waals surface area contributed by atoms with Crippen LogP contribution in [0, 0.1) is 0 Å². The van der Waals surface area contributed by atoms with Gasteiger partial charge in [0.2, 0.25) is 0 Å². The van der Waals surface area contributed by atoms with Crippen LogP contribution in [0.1, 0.15) is 12.8 Å². The first-order chi connectivity index (χ1) is 5.31. The van der Waals surface area contributed by atoms with Gasteiger partial charge in [-0.3, -0.25) is 14.1 Å². The summed E-state index contributed by atoms with van der Waals surface area (Å²) in [6.07, 6.45) is -1.15. The van der Waals surface area contributed by atoms with Crippen molar-refractivity contribution >= 4 is 81.5 Å². The second kappa shape index (κ2) is 9.10. The van der Waals surface area contributed by atoms with Gasteiger partial charge in [0, 0.05) is 0 Å². The van der Waals surface area contributed by atoms with Gasteiger partial charge in [-0.05, 0) is 0 Å². The molecule has 0 aromatic carbocycles. The van der Waals surface area contributed by atoms with E-state index >= 15 is 0 Å². The van der Waals surface area contributed by atoms with E-state index in [1.54, 1.807) is 0 Å². The van der Waals surface area contributed by atoms with Crippen molar-refractivity contribution in [2.24, 2.45) is 0 Å². The zero-order chi connectivity index (χ0) is 9.78. The monoisotopic (exact) mass is 246 g/mol. The third kappa shape index (κ3) is 15.3. The van der Waals surface area contributed by atoms with E-state index < -0.39 is 35.2 Å². The Morgan fingerprint density at radius 1 is 1.14 bits per heavy atom. The van der Waals surface area contributed by atoms with Crippen LogP contribution >= 0.6 is 0 Å². The second-order valence-corrected chi connectivity index (χ2v) is 2.80. The van der Waals surface area contributed by atoms with Crippen LogP contribution in [0.25, 0.3) is 0 Å². The van der Waals surface area contributed by atoms with Crippen molar-refractivity contribution in [2.45, 2.75) is 12.8 Å². The van der Waals surface area contributed by atoms with Crippen LogP contribution < -0.4 is 0 Å². The van der Waals surface area contributed by atoms with Gasteiger partial charge in [-0.25, -0.2) is 0 Å². The van der Waals surface area contributed by atoms with Crippen LogP contribution in [0.15, 0.2) is 0 Å². The summed E-state index contributed by atoms with van der Waals surface area (Å²) in [6.45, 7) is 0. The number of rotatable bonds is 4. The molecular formula is C4H8Na2O7S. The third-order valence-corrected chi connectivity index (χ3v) is 1.14. The Labute approximate surface area is 125 Å². The molecule has 0 fully saturated rings. The number of carboxylic acid groups (broad SMARTS) is 1. The Kier molecular flexibility index (Phi) is 13.2. The number of carbonyl (C=O) groups excluding carboxylic acids is 1. The molecule has 0 amide bonds. The van der Waals surface area contributed by atoms with Crippen LogP contribution in [0.3, 0.4) is 0 Å². The van der Waals surface area contributed by atoms with E-state index in [1.807, 2.05) is 0 Å². The number of hydrogen-bond donors (Lipinski definition) is 2.